The number of fused-ring (bicyclic) bond motifs is 1. The molecule has 2 aromatic heterocycles. The number of thiophene rings is 1. The zero-order chi connectivity index (χ0) is 22.7. The first-order valence-electron chi connectivity index (χ1n) is 11.3. The van der Waals surface area contributed by atoms with Crippen molar-refractivity contribution in [1.29, 1.82) is 0 Å². The minimum absolute atomic E-state index is 0.00457. The molecule has 33 heavy (non-hydrogen) atoms. The Bertz CT molecular complexity index is 1330. The number of carbonyl (C=O) groups excluding carboxylic acids is 1. The smallest absolute Gasteiger partial charge is 0.318 e. The largest absolute Gasteiger partial charge is 0.335 e. The number of anilines is 1. The number of rotatable bonds is 3. The number of nitrogens with one attached hydrogen (secondary N) is 2. The first-order chi connectivity index (χ1) is 15.9. The SMILES string of the molecule is Cc1cc2c(NC3=NCC4=C3CN(C(=O)N[C@@H]3C[C@H]3c3ccccc3)C4(C)C)ncnc2s1. The second-order valence-corrected chi connectivity index (χ2v) is 10.7. The number of hydrogen-bond donors (Lipinski definition) is 2. The van der Waals surface area contributed by atoms with Crippen LogP contribution < -0.4 is 10.6 Å². The molecule has 3 aromatic rings. The van der Waals surface area contributed by atoms with E-state index >= 15 is 0 Å². The van der Waals surface area contributed by atoms with E-state index < -0.39 is 0 Å². The molecule has 2 N–H and O–H groups in total. The van der Waals surface area contributed by atoms with Gasteiger partial charge < -0.3 is 15.5 Å². The molecule has 0 saturated heterocycles. The molecule has 1 saturated carbocycles. The van der Waals surface area contributed by atoms with E-state index in [1.807, 2.05) is 11.0 Å². The number of aryl methyl sites for hydroxylation is 1. The van der Waals surface area contributed by atoms with Crippen LogP contribution in [0.5, 0.6) is 0 Å². The number of amides is 2. The van der Waals surface area contributed by atoms with Crippen LogP contribution in [0.2, 0.25) is 0 Å². The average molecular weight is 459 g/mol. The monoisotopic (exact) mass is 458 g/mol. The van der Waals surface area contributed by atoms with Gasteiger partial charge in [-0.2, -0.15) is 0 Å². The topological polar surface area (TPSA) is 82.5 Å². The molecule has 2 atom stereocenters. The van der Waals surface area contributed by atoms with E-state index in [1.54, 1.807) is 17.7 Å². The first kappa shape index (κ1) is 20.4. The number of carbonyl (C=O) groups is 1. The summed E-state index contributed by atoms with van der Waals surface area (Å²) < 4.78 is 0. The highest BCUT2D eigenvalue weighted by molar-refractivity contribution is 7.18. The summed E-state index contributed by atoms with van der Waals surface area (Å²) in [5, 5.41) is 7.70. The van der Waals surface area contributed by atoms with Crippen LogP contribution in [0, 0.1) is 6.92 Å². The van der Waals surface area contributed by atoms with Crippen molar-refractivity contribution < 1.29 is 4.79 Å². The first-order valence-corrected chi connectivity index (χ1v) is 12.1. The Kier molecular flexibility index (Phi) is 4.55. The van der Waals surface area contributed by atoms with E-state index in [2.05, 4.69) is 71.7 Å². The maximum atomic E-state index is 13.3. The maximum Gasteiger partial charge on any atom is 0.318 e. The highest BCUT2D eigenvalue weighted by atomic mass is 32.1. The van der Waals surface area contributed by atoms with Crippen molar-refractivity contribution in [2.24, 2.45) is 4.99 Å². The molecule has 1 aliphatic carbocycles. The summed E-state index contributed by atoms with van der Waals surface area (Å²) >= 11 is 1.65. The molecule has 0 spiro atoms. The van der Waals surface area contributed by atoms with Gasteiger partial charge in [0, 0.05) is 22.4 Å². The zero-order valence-corrected chi connectivity index (χ0v) is 19.7. The van der Waals surface area contributed by atoms with Crippen LogP contribution in [-0.2, 0) is 0 Å². The van der Waals surface area contributed by atoms with Gasteiger partial charge in [0.05, 0.1) is 24.0 Å². The van der Waals surface area contributed by atoms with Crippen LogP contribution in [0.4, 0.5) is 10.6 Å². The van der Waals surface area contributed by atoms with Crippen molar-refractivity contribution in [2.75, 3.05) is 18.4 Å². The zero-order valence-electron chi connectivity index (χ0n) is 18.9. The number of hydrogen-bond acceptors (Lipinski definition) is 6. The number of urea groups is 1. The lowest BCUT2D eigenvalue weighted by Gasteiger charge is -2.34. The van der Waals surface area contributed by atoms with E-state index in [9.17, 15) is 4.79 Å². The van der Waals surface area contributed by atoms with Gasteiger partial charge in [0.2, 0.25) is 0 Å². The average Bonchev–Trinajstić information content (AvgIpc) is 3.12. The number of benzene rings is 1. The Morgan fingerprint density at radius 2 is 2.03 bits per heavy atom. The van der Waals surface area contributed by atoms with Crippen LogP contribution in [-0.4, -0.2) is 51.4 Å². The predicted octanol–water partition coefficient (Wildman–Crippen LogP) is 4.48. The molecule has 1 fully saturated rings. The van der Waals surface area contributed by atoms with E-state index in [0.29, 0.717) is 19.0 Å². The fourth-order valence-electron chi connectivity index (χ4n) is 5.03. The van der Waals surface area contributed by atoms with Gasteiger partial charge in [0.15, 0.2) is 0 Å². The van der Waals surface area contributed by atoms with Crippen LogP contribution in [0.3, 0.4) is 0 Å². The van der Waals surface area contributed by atoms with Crippen molar-refractivity contribution in [3.05, 3.63) is 64.3 Å². The summed E-state index contributed by atoms with van der Waals surface area (Å²) in [6.07, 6.45) is 2.58. The Hall–Kier alpha value is -3.26. The van der Waals surface area contributed by atoms with E-state index in [-0.39, 0.29) is 17.6 Å². The normalized spacial score (nSPS) is 23.0. The Morgan fingerprint density at radius 3 is 2.85 bits per heavy atom. The fourth-order valence-corrected chi connectivity index (χ4v) is 5.88. The molecule has 2 aliphatic heterocycles. The van der Waals surface area contributed by atoms with Gasteiger partial charge >= 0.3 is 6.03 Å². The number of amidine groups is 1. The van der Waals surface area contributed by atoms with Crippen molar-refractivity contribution >= 4 is 39.2 Å². The minimum Gasteiger partial charge on any atom is -0.335 e. The molecule has 168 valence electrons. The van der Waals surface area contributed by atoms with E-state index in [1.165, 1.54) is 16.0 Å². The quantitative estimate of drug-likeness (QED) is 0.606. The number of nitrogens with zero attached hydrogens (tertiary/aromatic N) is 4. The molecule has 3 aliphatic rings. The lowest BCUT2D eigenvalue weighted by molar-refractivity contribution is 0.170. The molecule has 4 heterocycles. The Balaban J connectivity index is 1.17. The molecular formula is C25H26N6OS. The summed E-state index contributed by atoms with van der Waals surface area (Å²) in [5.41, 5.74) is 3.21. The second kappa shape index (κ2) is 7.38. The molecule has 8 heteroatoms. The molecule has 0 bridgehead atoms. The Labute approximate surface area is 196 Å². The van der Waals surface area contributed by atoms with Gasteiger partial charge in [-0.3, -0.25) is 4.99 Å². The van der Waals surface area contributed by atoms with Crippen molar-refractivity contribution in [2.45, 2.75) is 44.7 Å². The van der Waals surface area contributed by atoms with Crippen LogP contribution in [0.25, 0.3) is 10.2 Å². The molecular weight excluding hydrogens is 432 g/mol. The maximum absolute atomic E-state index is 13.3. The van der Waals surface area contributed by atoms with E-state index in [0.717, 1.165) is 33.9 Å². The molecule has 0 unspecified atom stereocenters. The standard InChI is InChI=1S/C25H26N6OS/c1-14-9-17-21(27-13-28-23(17)33-14)30-22-18-12-31(25(2,3)19(18)11-26-22)24(32)29-20-10-16(20)15-7-5-4-6-8-15/h4-9,13,16,20H,10-12H2,1-3H3,(H,29,32)(H,26,27,28,30)/t16-,20+/m0/s1. The van der Waals surface area contributed by atoms with Gasteiger partial charge in [0.1, 0.15) is 22.8 Å². The highest BCUT2D eigenvalue weighted by Gasteiger charge is 2.47. The summed E-state index contributed by atoms with van der Waals surface area (Å²) in [6, 6.07) is 12.7. The van der Waals surface area contributed by atoms with Crippen molar-refractivity contribution in [3.63, 3.8) is 0 Å². The van der Waals surface area contributed by atoms with Gasteiger partial charge in [-0.25, -0.2) is 14.8 Å². The molecule has 7 nitrogen and oxygen atoms in total. The van der Waals surface area contributed by atoms with Gasteiger partial charge in [-0.1, -0.05) is 30.3 Å². The number of aliphatic imine (C=N–C) groups is 1. The molecule has 2 amide bonds. The third-order valence-corrected chi connectivity index (χ3v) is 8.00. The van der Waals surface area contributed by atoms with Crippen LogP contribution >= 0.6 is 11.3 Å². The van der Waals surface area contributed by atoms with Crippen LogP contribution in [0.15, 0.2) is 58.9 Å². The Morgan fingerprint density at radius 1 is 1.21 bits per heavy atom. The lowest BCUT2D eigenvalue weighted by atomic mass is 9.94. The minimum atomic E-state index is -0.385. The molecule has 1 aromatic carbocycles. The van der Waals surface area contributed by atoms with E-state index in [4.69, 9.17) is 4.99 Å². The van der Waals surface area contributed by atoms with Gasteiger partial charge in [0.25, 0.3) is 0 Å². The number of aromatic nitrogens is 2. The summed E-state index contributed by atoms with van der Waals surface area (Å²) in [5.74, 6) is 1.99. The summed E-state index contributed by atoms with van der Waals surface area (Å²) in [4.78, 5) is 31.0. The lowest BCUT2D eigenvalue weighted by Crippen LogP contribution is -2.51. The van der Waals surface area contributed by atoms with Gasteiger partial charge in [-0.05, 0) is 44.4 Å². The third-order valence-electron chi connectivity index (χ3n) is 7.04. The fraction of sp³-hybridized carbons (Fsp3) is 0.360. The highest BCUT2D eigenvalue weighted by Crippen LogP contribution is 2.42. The summed E-state index contributed by atoms with van der Waals surface area (Å²) in [7, 11) is 0. The third kappa shape index (κ3) is 3.40. The molecule has 6 rings (SSSR count). The second-order valence-electron chi connectivity index (χ2n) is 9.50. The van der Waals surface area contributed by atoms with Crippen molar-refractivity contribution in [1.82, 2.24) is 20.2 Å². The van der Waals surface area contributed by atoms with Crippen molar-refractivity contribution in [3.8, 4) is 0 Å². The molecule has 0 radical (unpaired) electrons. The van der Waals surface area contributed by atoms with Crippen LogP contribution in [0.1, 0.15) is 36.6 Å². The van der Waals surface area contributed by atoms with Gasteiger partial charge in [-0.15, -0.1) is 11.3 Å². The summed E-state index contributed by atoms with van der Waals surface area (Å²) in [6.45, 7) is 7.43. The predicted molar refractivity (Wildman–Crippen MR) is 132 cm³/mol.